The molecule has 5 aliphatic rings. The molecule has 0 unspecified atom stereocenters. The first-order valence-corrected chi connectivity index (χ1v) is 14.9. The van der Waals surface area contributed by atoms with Crippen LogP contribution in [0.4, 0.5) is 0 Å². The van der Waals surface area contributed by atoms with E-state index < -0.39 is 6.10 Å². The van der Waals surface area contributed by atoms with E-state index in [2.05, 4.69) is 46.8 Å². The van der Waals surface area contributed by atoms with Gasteiger partial charge in [-0.25, -0.2) is 4.79 Å². The number of cyclic esters (lactones) is 1. The number of aliphatic imine (C=N–C) groups is 1. The molecule has 0 radical (unpaired) electrons. The van der Waals surface area contributed by atoms with Gasteiger partial charge in [-0.15, -0.1) is 0 Å². The molecule has 0 aromatic rings. The highest BCUT2D eigenvalue weighted by Crippen LogP contribution is 2.53. The van der Waals surface area contributed by atoms with E-state index in [1.54, 1.807) is 0 Å². The normalized spacial score (nSPS) is 43.3. The van der Waals surface area contributed by atoms with E-state index in [4.69, 9.17) is 14.5 Å². The lowest BCUT2D eigenvalue weighted by Crippen LogP contribution is -2.44. The Bertz CT molecular complexity index is 1110. The van der Waals surface area contributed by atoms with Crippen LogP contribution in [0, 0.1) is 23.2 Å². The van der Waals surface area contributed by atoms with Crippen molar-refractivity contribution in [3.8, 4) is 0 Å². The molecule has 5 heteroatoms. The number of fused-ring (bicyclic) bond motifs is 2. The molecule has 4 aliphatic heterocycles. The zero-order chi connectivity index (χ0) is 27.2. The van der Waals surface area contributed by atoms with Crippen LogP contribution < -0.4 is 0 Å². The third-order valence-corrected chi connectivity index (χ3v) is 10.3. The number of nitrogens with zero attached hydrogens (tertiary/aromatic N) is 1. The molecule has 1 N–H and O–H groups in total. The highest BCUT2D eigenvalue weighted by Gasteiger charge is 2.48. The summed E-state index contributed by atoms with van der Waals surface area (Å²) in [6.45, 7) is 13.8. The average Bonchev–Trinajstić information content (AvgIpc) is 3.43. The van der Waals surface area contributed by atoms with Crippen molar-refractivity contribution < 1.29 is 19.4 Å². The van der Waals surface area contributed by atoms with Gasteiger partial charge in [0.25, 0.3) is 0 Å². The Morgan fingerprint density at radius 2 is 1.79 bits per heavy atom. The Labute approximate surface area is 229 Å². The lowest BCUT2D eigenvalue weighted by atomic mass is 9.57. The summed E-state index contributed by atoms with van der Waals surface area (Å²) in [6, 6.07) is 0. The van der Waals surface area contributed by atoms with Gasteiger partial charge in [0.2, 0.25) is 0 Å². The molecular formula is C33H47NO4. The van der Waals surface area contributed by atoms with E-state index in [0.29, 0.717) is 17.9 Å². The van der Waals surface area contributed by atoms with Crippen molar-refractivity contribution in [2.75, 3.05) is 6.54 Å². The van der Waals surface area contributed by atoms with Crippen LogP contribution in [0.2, 0.25) is 0 Å². The van der Waals surface area contributed by atoms with Gasteiger partial charge in [0, 0.05) is 29.2 Å². The minimum atomic E-state index is -0.504. The SMILES string of the molecule is CC1=C[C@H](C2=C(C)[C@H]3/C=C(/C)[C@H](O)C[C@H](C)[C@@H]4C[C@H](C)[C@@H](O4)/C(C)=C\CCC4=NCCC[C@]43CC2)OC1=O. The van der Waals surface area contributed by atoms with Crippen LogP contribution in [-0.4, -0.2) is 47.7 Å². The summed E-state index contributed by atoms with van der Waals surface area (Å²) in [7, 11) is 0. The Hall–Kier alpha value is -1.98. The molecule has 1 spiro atoms. The number of esters is 1. The van der Waals surface area contributed by atoms with E-state index in [9.17, 15) is 9.90 Å². The van der Waals surface area contributed by atoms with Crippen LogP contribution in [-0.2, 0) is 14.3 Å². The Morgan fingerprint density at radius 3 is 2.53 bits per heavy atom. The third-order valence-electron chi connectivity index (χ3n) is 10.3. The van der Waals surface area contributed by atoms with E-state index in [1.807, 2.05) is 13.0 Å². The molecule has 8 atom stereocenters. The van der Waals surface area contributed by atoms with Crippen LogP contribution in [0.5, 0.6) is 0 Å². The maximum absolute atomic E-state index is 12.2. The number of carbonyl (C=O) groups excluding carboxylic acids is 1. The van der Waals surface area contributed by atoms with Gasteiger partial charge < -0.3 is 14.6 Å². The zero-order valence-electron chi connectivity index (χ0n) is 24.3. The average molecular weight is 522 g/mol. The molecular weight excluding hydrogens is 474 g/mol. The number of rotatable bonds is 1. The molecule has 0 amide bonds. The monoisotopic (exact) mass is 521 g/mol. The minimum absolute atomic E-state index is 0.0372. The van der Waals surface area contributed by atoms with Gasteiger partial charge in [-0.1, -0.05) is 31.6 Å². The van der Waals surface area contributed by atoms with E-state index in [-0.39, 0.29) is 41.5 Å². The van der Waals surface area contributed by atoms with Crippen molar-refractivity contribution in [1.82, 2.24) is 0 Å². The largest absolute Gasteiger partial charge is 0.450 e. The standard InChI is InChI=1S/C33H47NO4/c1-19-9-7-10-30-33(12-8-14-34-30)13-11-25(29-18-23(5)32(36)38-29)24(6)26(33)15-20(2)27(35)16-21(3)28-17-22(4)31(19)37-28/h9,15,18,21-22,26-29,31,35H,7-8,10-14,16-17H2,1-6H3/b19-9-,20-15-/t21-,22-,26+,27+,28-,29+,31-,33+/m0/s1. The third kappa shape index (κ3) is 5.01. The lowest BCUT2D eigenvalue weighted by Gasteiger charge is -2.48. The molecule has 4 heterocycles. The first-order chi connectivity index (χ1) is 18.1. The summed E-state index contributed by atoms with van der Waals surface area (Å²) >= 11 is 0. The number of carbonyl (C=O) groups is 1. The molecule has 5 nitrogen and oxygen atoms in total. The highest BCUT2D eigenvalue weighted by atomic mass is 16.5. The van der Waals surface area contributed by atoms with Crippen LogP contribution in [0.15, 0.2) is 51.1 Å². The number of ether oxygens (including phenoxy) is 2. The Morgan fingerprint density at radius 1 is 1.00 bits per heavy atom. The maximum Gasteiger partial charge on any atom is 0.334 e. The molecule has 2 bridgehead atoms. The van der Waals surface area contributed by atoms with Crippen molar-refractivity contribution in [1.29, 1.82) is 0 Å². The van der Waals surface area contributed by atoms with Crippen molar-refractivity contribution in [2.24, 2.45) is 28.2 Å². The van der Waals surface area contributed by atoms with E-state index in [0.717, 1.165) is 57.1 Å². The fourth-order valence-electron chi connectivity index (χ4n) is 7.93. The van der Waals surface area contributed by atoms with Crippen LogP contribution in [0.1, 0.15) is 92.9 Å². The quantitative estimate of drug-likeness (QED) is 0.309. The molecule has 208 valence electrons. The second kappa shape index (κ2) is 10.9. The predicted molar refractivity (Wildman–Crippen MR) is 152 cm³/mol. The molecule has 1 aliphatic carbocycles. The summed E-state index contributed by atoms with van der Waals surface area (Å²) in [6.07, 6.45) is 14.1. The number of hydrogen-bond acceptors (Lipinski definition) is 5. The summed E-state index contributed by atoms with van der Waals surface area (Å²) in [5.41, 5.74) is 6.90. The first-order valence-electron chi connectivity index (χ1n) is 14.9. The molecule has 0 aromatic heterocycles. The Balaban J connectivity index is 1.57. The van der Waals surface area contributed by atoms with Crippen molar-refractivity contribution >= 4 is 11.7 Å². The van der Waals surface area contributed by atoms with Gasteiger partial charge in [0.05, 0.1) is 18.3 Å². The van der Waals surface area contributed by atoms with Crippen LogP contribution in [0.25, 0.3) is 0 Å². The van der Waals surface area contributed by atoms with Gasteiger partial charge in [0.15, 0.2) is 0 Å². The van der Waals surface area contributed by atoms with Crippen molar-refractivity contribution in [2.45, 2.75) is 117 Å². The topological polar surface area (TPSA) is 68.1 Å². The number of aliphatic hydroxyl groups is 1. The van der Waals surface area contributed by atoms with Gasteiger partial charge in [0.1, 0.15) is 6.10 Å². The van der Waals surface area contributed by atoms with Gasteiger partial charge in [-0.2, -0.15) is 0 Å². The van der Waals surface area contributed by atoms with Crippen LogP contribution >= 0.6 is 0 Å². The summed E-state index contributed by atoms with van der Waals surface area (Å²) in [5, 5.41) is 11.4. The number of allylic oxidation sites excluding steroid dienone is 3. The molecule has 1 fully saturated rings. The molecule has 5 rings (SSSR count). The van der Waals surface area contributed by atoms with Gasteiger partial charge in [-0.05, 0) is 114 Å². The highest BCUT2D eigenvalue weighted by molar-refractivity contribution is 5.93. The predicted octanol–water partition coefficient (Wildman–Crippen LogP) is 6.67. The smallest absolute Gasteiger partial charge is 0.334 e. The fourth-order valence-corrected chi connectivity index (χ4v) is 7.93. The summed E-state index contributed by atoms with van der Waals surface area (Å²) in [5.74, 6) is 0.715. The molecule has 0 saturated carbocycles. The first kappa shape index (κ1) is 27.6. The van der Waals surface area contributed by atoms with Crippen molar-refractivity contribution in [3.63, 3.8) is 0 Å². The molecule has 0 aromatic carbocycles. The van der Waals surface area contributed by atoms with Gasteiger partial charge >= 0.3 is 5.97 Å². The second-order valence-electron chi connectivity index (χ2n) is 12.9. The second-order valence-corrected chi connectivity index (χ2v) is 12.9. The van der Waals surface area contributed by atoms with Crippen LogP contribution in [0.3, 0.4) is 0 Å². The zero-order valence-corrected chi connectivity index (χ0v) is 24.3. The minimum Gasteiger partial charge on any atom is -0.450 e. The summed E-state index contributed by atoms with van der Waals surface area (Å²) in [4.78, 5) is 17.4. The summed E-state index contributed by atoms with van der Waals surface area (Å²) < 4.78 is 12.4. The fraction of sp³-hybridized carbons (Fsp3) is 0.697. The van der Waals surface area contributed by atoms with E-state index >= 15 is 0 Å². The maximum atomic E-state index is 12.2. The number of aliphatic hydroxyl groups excluding tert-OH is 1. The van der Waals surface area contributed by atoms with Crippen molar-refractivity contribution in [3.05, 3.63) is 46.1 Å². The number of hydrogen-bond donors (Lipinski definition) is 1. The van der Waals surface area contributed by atoms with E-state index in [1.165, 1.54) is 22.4 Å². The molecule has 1 saturated heterocycles. The Kier molecular flexibility index (Phi) is 7.90. The lowest BCUT2D eigenvalue weighted by molar-refractivity contribution is -0.138. The molecule has 38 heavy (non-hydrogen) atoms. The van der Waals surface area contributed by atoms with Gasteiger partial charge in [-0.3, -0.25) is 4.99 Å².